The topological polar surface area (TPSA) is 61.3 Å². The summed E-state index contributed by atoms with van der Waals surface area (Å²) >= 11 is 0. The summed E-state index contributed by atoms with van der Waals surface area (Å²) in [6.45, 7) is 1.42. The third kappa shape index (κ3) is 5.21. The van der Waals surface area contributed by atoms with Gasteiger partial charge in [0.2, 0.25) is 0 Å². The smallest absolute Gasteiger partial charge is 0.118 e. The molecule has 1 aromatic rings. The lowest BCUT2D eigenvalue weighted by molar-refractivity contribution is 0.414. The number of methoxy groups -OCH3 is 1. The van der Waals surface area contributed by atoms with Gasteiger partial charge in [-0.25, -0.2) is 0 Å². The Labute approximate surface area is 111 Å². The molecule has 0 spiro atoms. The first-order valence-electron chi connectivity index (χ1n) is 5.64. The maximum atomic E-state index is 5.66. The predicted molar refractivity (Wildman–Crippen MR) is 78.5 cm³/mol. The van der Waals surface area contributed by atoms with Crippen molar-refractivity contribution in [2.24, 2.45) is 11.5 Å². The highest BCUT2D eigenvalue weighted by atomic mass is 33.1. The van der Waals surface area contributed by atoms with E-state index < -0.39 is 0 Å². The minimum atomic E-state index is 0.433. The van der Waals surface area contributed by atoms with Crippen molar-refractivity contribution in [2.75, 3.05) is 26.0 Å². The maximum absolute atomic E-state index is 5.66. The molecule has 0 bridgehead atoms. The van der Waals surface area contributed by atoms with E-state index in [1.54, 1.807) is 7.11 Å². The van der Waals surface area contributed by atoms with E-state index in [1.807, 2.05) is 33.7 Å². The first-order chi connectivity index (χ1) is 8.31. The Morgan fingerprint density at radius 1 is 1.18 bits per heavy atom. The standard InChI is InChI=1S/C12H20N2OS2/c1-15-11-4-2-10(3-5-11)12(6-7-13)17-16-9-8-14/h2-5,12H,6-9,13-14H2,1H3. The average Bonchev–Trinajstić information content (AvgIpc) is 2.38. The zero-order valence-electron chi connectivity index (χ0n) is 10.1. The van der Waals surface area contributed by atoms with Crippen LogP contribution in [0.1, 0.15) is 17.2 Å². The fourth-order valence-electron chi connectivity index (χ4n) is 1.42. The van der Waals surface area contributed by atoms with Crippen LogP contribution in [-0.4, -0.2) is 26.0 Å². The van der Waals surface area contributed by atoms with Gasteiger partial charge in [0.25, 0.3) is 0 Å². The molecule has 0 saturated heterocycles. The molecule has 1 aromatic carbocycles. The molecule has 0 amide bonds. The van der Waals surface area contributed by atoms with E-state index in [2.05, 4.69) is 12.1 Å². The molecule has 5 heteroatoms. The third-order valence-corrected chi connectivity index (χ3v) is 5.19. The second-order valence-electron chi connectivity index (χ2n) is 3.55. The quantitative estimate of drug-likeness (QED) is 0.562. The molecule has 3 nitrogen and oxygen atoms in total. The highest BCUT2D eigenvalue weighted by molar-refractivity contribution is 8.76. The van der Waals surface area contributed by atoms with Crippen molar-refractivity contribution in [2.45, 2.75) is 11.7 Å². The first-order valence-corrected chi connectivity index (χ1v) is 8.02. The second kappa shape index (κ2) is 8.69. The molecule has 4 N–H and O–H groups in total. The molecule has 0 aliphatic rings. The summed E-state index contributed by atoms with van der Waals surface area (Å²) in [6.07, 6.45) is 0.981. The lowest BCUT2D eigenvalue weighted by Gasteiger charge is -2.15. The number of benzene rings is 1. The number of ether oxygens (including phenoxy) is 1. The summed E-state index contributed by atoms with van der Waals surface area (Å²) in [7, 11) is 5.34. The van der Waals surface area contributed by atoms with Crippen LogP contribution in [0.25, 0.3) is 0 Å². The van der Waals surface area contributed by atoms with Crippen LogP contribution in [0.4, 0.5) is 0 Å². The average molecular weight is 272 g/mol. The SMILES string of the molecule is COc1ccc(C(CCN)SSCCN)cc1. The Kier molecular flexibility index (Phi) is 7.51. The molecule has 0 radical (unpaired) electrons. The van der Waals surface area contributed by atoms with Crippen molar-refractivity contribution in [1.82, 2.24) is 0 Å². The summed E-state index contributed by atoms with van der Waals surface area (Å²) in [5.41, 5.74) is 12.4. The third-order valence-electron chi connectivity index (χ3n) is 2.30. The summed E-state index contributed by atoms with van der Waals surface area (Å²) < 4.78 is 5.15. The first kappa shape index (κ1) is 14.7. The molecular formula is C12H20N2OS2. The van der Waals surface area contributed by atoms with Gasteiger partial charge < -0.3 is 16.2 Å². The maximum Gasteiger partial charge on any atom is 0.118 e. The van der Waals surface area contributed by atoms with Crippen molar-refractivity contribution < 1.29 is 4.74 Å². The lowest BCUT2D eigenvalue weighted by Crippen LogP contribution is -2.05. The van der Waals surface area contributed by atoms with Gasteiger partial charge in [-0.05, 0) is 30.7 Å². The predicted octanol–water partition coefficient (Wildman–Crippen LogP) is 2.43. The van der Waals surface area contributed by atoms with E-state index in [0.29, 0.717) is 11.8 Å². The van der Waals surface area contributed by atoms with Crippen LogP contribution in [0.2, 0.25) is 0 Å². The van der Waals surface area contributed by atoms with Crippen molar-refractivity contribution in [3.8, 4) is 5.75 Å². The van der Waals surface area contributed by atoms with Crippen molar-refractivity contribution in [1.29, 1.82) is 0 Å². The van der Waals surface area contributed by atoms with Crippen LogP contribution in [0, 0.1) is 0 Å². The van der Waals surface area contributed by atoms with Crippen LogP contribution < -0.4 is 16.2 Å². The number of rotatable bonds is 8. The van der Waals surface area contributed by atoms with E-state index in [9.17, 15) is 0 Å². The molecule has 0 heterocycles. The summed E-state index contributed by atoms with van der Waals surface area (Å²) in [6, 6.07) is 8.20. The van der Waals surface area contributed by atoms with Gasteiger partial charge in [-0.15, -0.1) is 0 Å². The largest absolute Gasteiger partial charge is 0.497 e. The molecular weight excluding hydrogens is 252 g/mol. The highest BCUT2D eigenvalue weighted by Crippen LogP contribution is 2.40. The van der Waals surface area contributed by atoms with Gasteiger partial charge >= 0.3 is 0 Å². The highest BCUT2D eigenvalue weighted by Gasteiger charge is 2.11. The molecule has 1 atom stereocenters. The fourth-order valence-corrected chi connectivity index (χ4v) is 3.97. The Morgan fingerprint density at radius 2 is 1.88 bits per heavy atom. The Hall–Kier alpha value is -0.360. The zero-order valence-corrected chi connectivity index (χ0v) is 11.7. The van der Waals surface area contributed by atoms with Crippen LogP contribution in [-0.2, 0) is 0 Å². The summed E-state index contributed by atoms with van der Waals surface area (Å²) in [4.78, 5) is 0. The van der Waals surface area contributed by atoms with Gasteiger partial charge in [0.05, 0.1) is 7.11 Å². The Bertz CT molecular complexity index is 306. The molecule has 0 aliphatic carbocycles. The van der Waals surface area contributed by atoms with E-state index in [0.717, 1.165) is 24.5 Å². The normalized spacial score (nSPS) is 12.4. The minimum Gasteiger partial charge on any atom is -0.497 e. The second-order valence-corrected chi connectivity index (χ2v) is 6.24. The molecule has 0 saturated carbocycles. The van der Waals surface area contributed by atoms with Crippen LogP contribution in [0.15, 0.2) is 24.3 Å². The molecule has 0 fully saturated rings. The zero-order chi connectivity index (χ0) is 12.5. The number of hydrogen-bond donors (Lipinski definition) is 2. The van der Waals surface area contributed by atoms with Crippen molar-refractivity contribution in [3.63, 3.8) is 0 Å². The fraction of sp³-hybridized carbons (Fsp3) is 0.500. The minimum absolute atomic E-state index is 0.433. The molecule has 0 aliphatic heterocycles. The van der Waals surface area contributed by atoms with Crippen LogP contribution in [0.3, 0.4) is 0 Å². The van der Waals surface area contributed by atoms with Gasteiger partial charge in [0, 0.05) is 17.5 Å². The lowest BCUT2D eigenvalue weighted by atomic mass is 10.1. The van der Waals surface area contributed by atoms with E-state index in [4.69, 9.17) is 16.2 Å². The van der Waals surface area contributed by atoms with Gasteiger partial charge in [-0.1, -0.05) is 33.7 Å². The van der Waals surface area contributed by atoms with Crippen LogP contribution >= 0.6 is 21.6 Å². The van der Waals surface area contributed by atoms with E-state index in [1.165, 1.54) is 5.56 Å². The number of hydrogen-bond acceptors (Lipinski definition) is 5. The molecule has 1 rings (SSSR count). The van der Waals surface area contributed by atoms with Gasteiger partial charge in [0.15, 0.2) is 0 Å². The summed E-state index contributed by atoms with van der Waals surface area (Å²) in [5.74, 6) is 1.86. The molecule has 17 heavy (non-hydrogen) atoms. The van der Waals surface area contributed by atoms with Gasteiger partial charge in [0.1, 0.15) is 5.75 Å². The molecule has 1 unspecified atom stereocenters. The van der Waals surface area contributed by atoms with Gasteiger partial charge in [-0.3, -0.25) is 0 Å². The monoisotopic (exact) mass is 272 g/mol. The van der Waals surface area contributed by atoms with Crippen molar-refractivity contribution >= 4 is 21.6 Å². The molecule has 96 valence electrons. The van der Waals surface area contributed by atoms with E-state index >= 15 is 0 Å². The Morgan fingerprint density at radius 3 is 2.41 bits per heavy atom. The van der Waals surface area contributed by atoms with Gasteiger partial charge in [-0.2, -0.15) is 0 Å². The van der Waals surface area contributed by atoms with E-state index in [-0.39, 0.29) is 0 Å². The summed E-state index contributed by atoms with van der Waals surface area (Å²) in [5, 5.41) is 0.433. The molecule has 0 aromatic heterocycles. The van der Waals surface area contributed by atoms with Crippen LogP contribution in [0.5, 0.6) is 5.75 Å². The number of nitrogens with two attached hydrogens (primary N) is 2. The Balaban J connectivity index is 2.60. The van der Waals surface area contributed by atoms with Crippen molar-refractivity contribution in [3.05, 3.63) is 29.8 Å².